The lowest BCUT2D eigenvalue weighted by Gasteiger charge is -2.26. The molecular weight excluding hydrogens is 374 g/mol. The Balaban J connectivity index is 2.24. The second-order valence-corrected chi connectivity index (χ2v) is 9.14. The molecule has 0 spiro atoms. The number of hydrogen-bond acceptors (Lipinski definition) is 5. The van der Waals surface area contributed by atoms with Gasteiger partial charge in [0, 0.05) is 32.4 Å². The van der Waals surface area contributed by atoms with Crippen molar-refractivity contribution in [2.75, 3.05) is 46.7 Å². The summed E-state index contributed by atoms with van der Waals surface area (Å²) in [6.45, 7) is 3.90. The second kappa shape index (κ2) is 8.94. The van der Waals surface area contributed by atoms with Gasteiger partial charge in [0.25, 0.3) is 0 Å². The van der Waals surface area contributed by atoms with E-state index < -0.39 is 10.0 Å². The lowest BCUT2D eigenvalue weighted by molar-refractivity contribution is 0.299. The molecule has 0 aliphatic heterocycles. The molecule has 6 nitrogen and oxygen atoms in total. The maximum atomic E-state index is 12.9. The van der Waals surface area contributed by atoms with Gasteiger partial charge in [0.15, 0.2) is 0 Å². The van der Waals surface area contributed by atoms with Crippen molar-refractivity contribution in [3.05, 3.63) is 53.1 Å². The molecule has 0 aromatic heterocycles. The first-order valence-corrected chi connectivity index (χ1v) is 10.6. The third-order valence-corrected chi connectivity index (χ3v) is 6.43. The molecular formula is C21H31N3O3S. The molecule has 28 heavy (non-hydrogen) atoms. The summed E-state index contributed by atoms with van der Waals surface area (Å²) >= 11 is 0. The van der Waals surface area contributed by atoms with E-state index >= 15 is 0 Å². The van der Waals surface area contributed by atoms with E-state index in [-0.39, 0.29) is 17.5 Å². The fourth-order valence-electron chi connectivity index (χ4n) is 3.13. The number of benzene rings is 2. The number of sulfonamides is 1. The van der Waals surface area contributed by atoms with Crippen molar-refractivity contribution in [3.8, 4) is 5.75 Å². The van der Waals surface area contributed by atoms with Crippen LogP contribution >= 0.6 is 0 Å². The fourth-order valence-corrected chi connectivity index (χ4v) is 4.48. The summed E-state index contributed by atoms with van der Waals surface area (Å²) in [5, 5.41) is 0. The Morgan fingerprint density at radius 2 is 1.61 bits per heavy atom. The maximum absolute atomic E-state index is 12.9. The molecule has 0 bridgehead atoms. The number of likely N-dealkylation sites (N-methyl/N-ethyl adjacent to an activating group) is 1. The summed E-state index contributed by atoms with van der Waals surface area (Å²) in [5.74, 6) is 0.684. The SMILES string of the molecule is COc1cc(C)c(S(=O)(=O)NCC(c2ccc(N(C)C)cc2)N(C)C)cc1C. The zero-order valence-electron chi connectivity index (χ0n) is 17.8. The van der Waals surface area contributed by atoms with Gasteiger partial charge < -0.3 is 14.5 Å². The molecule has 2 aromatic rings. The van der Waals surface area contributed by atoms with E-state index in [1.165, 1.54) is 0 Å². The quantitative estimate of drug-likeness (QED) is 0.732. The Kier molecular flexibility index (Phi) is 7.09. The average Bonchev–Trinajstić information content (AvgIpc) is 2.63. The van der Waals surface area contributed by atoms with Gasteiger partial charge in [-0.3, -0.25) is 0 Å². The molecule has 0 heterocycles. The van der Waals surface area contributed by atoms with Crippen molar-refractivity contribution in [1.82, 2.24) is 9.62 Å². The van der Waals surface area contributed by atoms with Crippen molar-refractivity contribution in [1.29, 1.82) is 0 Å². The van der Waals surface area contributed by atoms with Gasteiger partial charge >= 0.3 is 0 Å². The molecule has 0 radical (unpaired) electrons. The van der Waals surface area contributed by atoms with Crippen LogP contribution in [-0.2, 0) is 10.0 Å². The highest BCUT2D eigenvalue weighted by atomic mass is 32.2. The van der Waals surface area contributed by atoms with Crippen LogP contribution in [0.1, 0.15) is 22.7 Å². The Hall–Kier alpha value is -2.09. The number of anilines is 1. The van der Waals surface area contributed by atoms with Crippen LogP contribution in [0.4, 0.5) is 5.69 Å². The van der Waals surface area contributed by atoms with Crippen molar-refractivity contribution in [3.63, 3.8) is 0 Å². The van der Waals surface area contributed by atoms with Gasteiger partial charge in [0.05, 0.1) is 12.0 Å². The maximum Gasteiger partial charge on any atom is 0.240 e. The monoisotopic (exact) mass is 405 g/mol. The predicted octanol–water partition coefficient (Wildman–Crippen LogP) is 2.96. The minimum atomic E-state index is -3.64. The topological polar surface area (TPSA) is 61.9 Å². The Morgan fingerprint density at radius 1 is 1.00 bits per heavy atom. The summed E-state index contributed by atoms with van der Waals surface area (Å²) in [4.78, 5) is 4.33. The smallest absolute Gasteiger partial charge is 0.240 e. The number of nitrogens with one attached hydrogen (secondary N) is 1. The average molecular weight is 406 g/mol. The second-order valence-electron chi connectivity index (χ2n) is 7.40. The number of methoxy groups -OCH3 is 1. The van der Waals surface area contributed by atoms with Crippen LogP contribution in [0.15, 0.2) is 41.3 Å². The van der Waals surface area contributed by atoms with Crippen molar-refractivity contribution < 1.29 is 13.2 Å². The predicted molar refractivity (Wildman–Crippen MR) is 115 cm³/mol. The Morgan fingerprint density at radius 3 is 2.11 bits per heavy atom. The van der Waals surface area contributed by atoms with Crippen LogP contribution in [0.5, 0.6) is 5.75 Å². The molecule has 0 amide bonds. The third kappa shape index (κ3) is 5.04. The van der Waals surface area contributed by atoms with Gasteiger partial charge in [-0.25, -0.2) is 13.1 Å². The first kappa shape index (κ1) is 22.2. The first-order chi connectivity index (χ1) is 13.1. The van der Waals surface area contributed by atoms with E-state index in [1.54, 1.807) is 26.2 Å². The van der Waals surface area contributed by atoms with Gasteiger partial charge in [-0.1, -0.05) is 12.1 Å². The molecule has 154 valence electrons. The van der Waals surface area contributed by atoms with Gasteiger partial charge in [-0.05, 0) is 68.9 Å². The molecule has 0 saturated carbocycles. The highest BCUT2D eigenvalue weighted by Gasteiger charge is 2.22. The molecule has 2 rings (SSSR count). The zero-order chi connectivity index (χ0) is 21.1. The van der Waals surface area contributed by atoms with E-state index in [2.05, 4.69) is 4.72 Å². The van der Waals surface area contributed by atoms with E-state index in [4.69, 9.17) is 4.74 Å². The molecule has 0 saturated heterocycles. The van der Waals surface area contributed by atoms with Gasteiger partial charge in [-0.2, -0.15) is 0 Å². The number of nitrogens with zero attached hydrogens (tertiary/aromatic N) is 2. The van der Waals surface area contributed by atoms with Crippen LogP contribution in [-0.4, -0.2) is 55.2 Å². The van der Waals surface area contributed by atoms with Crippen molar-refractivity contribution >= 4 is 15.7 Å². The molecule has 2 aromatic carbocycles. The molecule has 0 aliphatic carbocycles. The Bertz CT molecular complexity index is 907. The third-order valence-electron chi connectivity index (χ3n) is 4.87. The number of hydrogen-bond donors (Lipinski definition) is 1. The van der Waals surface area contributed by atoms with Gasteiger partial charge in [0.2, 0.25) is 10.0 Å². The first-order valence-electron chi connectivity index (χ1n) is 9.15. The highest BCUT2D eigenvalue weighted by Crippen LogP contribution is 2.26. The molecule has 7 heteroatoms. The molecule has 1 N–H and O–H groups in total. The van der Waals surface area contributed by atoms with E-state index in [1.807, 2.05) is 69.2 Å². The standard InChI is InChI=1S/C21H31N3O3S/c1-15-13-21(16(2)12-20(15)27-7)28(25,26)22-14-19(24(5)6)17-8-10-18(11-9-17)23(3)4/h8-13,19,22H,14H2,1-7H3. The molecule has 0 aliphatic rings. The minimum Gasteiger partial charge on any atom is -0.496 e. The van der Waals surface area contributed by atoms with Crippen LogP contribution in [0.2, 0.25) is 0 Å². The van der Waals surface area contributed by atoms with Crippen LogP contribution < -0.4 is 14.4 Å². The zero-order valence-corrected chi connectivity index (χ0v) is 18.6. The summed E-state index contributed by atoms with van der Waals surface area (Å²) in [7, 11) is 5.82. The fraction of sp³-hybridized carbons (Fsp3) is 0.429. The number of rotatable bonds is 8. The lowest BCUT2D eigenvalue weighted by atomic mass is 10.1. The summed E-state index contributed by atoms with van der Waals surface area (Å²) in [5.41, 5.74) is 3.61. The number of aryl methyl sites for hydroxylation is 2. The highest BCUT2D eigenvalue weighted by molar-refractivity contribution is 7.89. The van der Waals surface area contributed by atoms with Crippen molar-refractivity contribution in [2.24, 2.45) is 0 Å². The largest absolute Gasteiger partial charge is 0.496 e. The van der Waals surface area contributed by atoms with Crippen LogP contribution in [0, 0.1) is 13.8 Å². The summed E-state index contributed by atoms with van der Waals surface area (Å²) in [6, 6.07) is 11.5. The molecule has 0 fully saturated rings. The van der Waals surface area contributed by atoms with E-state index in [0.717, 1.165) is 16.8 Å². The minimum absolute atomic E-state index is 0.0781. The summed E-state index contributed by atoms with van der Waals surface area (Å²) < 4.78 is 33.9. The van der Waals surface area contributed by atoms with Crippen LogP contribution in [0.3, 0.4) is 0 Å². The summed E-state index contributed by atoms with van der Waals surface area (Å²) in [6.07, 6.45) is 0. The van der Waals surface area contributed by atoms with E-state index in [9.17, 15) is 8.42 Å². The molecule has 1 atom stereocenters. The Labute approximate surface area is 169 Å². The molecule has 1 unspecified atom stereocenters. The van der Waals surface area contributed by atoms with Crippen molar-refractivity contribution in [2.45, 2.75) is 24.8 Å². The van der Waals surface area contributed by atoms with Gasteiger partial charge in [0.1, 0.15) is 5.75 Å². The lowest BCUT2D eigenvalue weighted by Crippen LogP contribution is -2.34. The van der Waals surface area contributed by atoms with Crippen LogP contribution in [0.25, 0.3) is 0 Å². The van der Waals surface area contributed by atoms with E-state index in [0.29, 0.717) is 11.3 Å². The number of ether oxygens (including phenoxy) is 1. The van der Waals surface area contributed by atoms with Gasteiger partial charge in [-0.15, -0.1) is 0 Å². The normalized spacial score (nSPS) is 12.9.